The van der Waals surface area contributed by atoms with E-state index in [1.165, 1.54) is 16.7 Å². The number of rotatable bonds is 3. The van der Waals surface area contributed by atoms with Gasteiger partial charge < -0.3 is 5.11 Å². The molecule has 0 radical (unpaired) electrons. The van der Waals surface area contributed by atoms with E-state index in [0.717, 1.165) is 19.3 Å². The van der Waals surface area contributed by atoms with Crippen LogP contribution in [0.15, 0.2) is 18.2 Å². The molecule has 1 nitrogen and oxygen atoms in total. The average Bonchev–Trinajstić information content (AvgIpc) is 2.97. The van der Waals surface area contributed by atoms with Crippen LogP contribution in [0.2, 0.25) is 0 Å². The highest BCUT2D eigenvalue weighted by molar-refractivity contribution is 5.40. The van der Waals surface area contributed by atoms with Gasteiger partial charge in [0.1, 0.15) is 0 Å². The summed E-state index contributed by atoms with van der Waals surface area (Å²) in [6.45, 7) is 6.54. The largest absolute Gasteiger partial charge is 0.385 e. The summed E-state index contributed by atoms with van der Waals surface area (Å²) in [6.07, 6.45) is 2.90. The van der Waals surface area contributed by atoms with Crippen molar-refractivity contribution in [3.8, 4) is 0 Å². The first-order valence-corrected chi connectivity index (χ1v) is 5.92. The molecule has 0 spiro atoms. The van der Waals surface area contributed by atoms with Crippen molar-refractivity contribution in [2.45, 2.75) is 51.6 Å². The van der Waals surface area contributed by atoms with Crippen molar-refractivity contribution in [1.82, 2.24) is 0 Å². The third kappa shape index (κ3) is 1.93. The fourth-order valence-corrected chi connectivity index (χ4v) is 2.12. The predicted molar refractivity (Wildman–Crippen MR) is 63.0 cm³/mol. The van der Waals surface area contributed by atoms with Crippen molar-refractivity contribution in [3.05, 3.63) is 34.9 Å². The zero-order chi connectivity index (χ0) is 11.1. The predicted octanol–water partition coefficient (Wildman–Crippen LogP) is 3.35. The molecule has 0 aliphatic heterocycles. The van der Waals surface area contributed by atoms with Crippen molar-refractivity contribution in [1.29, 1.82) is 0 Å². The maximum Gasteiger partial charge on any atom is 0.0901 e. The summed E-state index contributed by atoms with van der Waals surface area (Å²) in [7, 11) is 0. The average molecular weight is 204 g/mol. The zero-order valence-corrected chi connectivity index (χ0v) is 9.88. The molecule has 1 aliphatic rings. The molecular formula is C14H20O. The Labute approximate surface area is 92.1 Å². The van der Waals surface area contributed by atoms with E-state index in [0.29, 0.717) is 5.92 Å². The number of hydrogen-bond donors (Lipinski definition) is 1. The molecule has 1 aliphatic carbocycles. The first-order chi connectivity index (χ1) is 7.07. The van der Waals surface area contributed by atoms with Crippen LogP contribution in [-0.2, 0) is 12.0 Å². The van der Waals surface area contributed by atoms with Crippen LogP contribution in [0.5, 0.6) is 0 Å². The molecule has 0 saturated heterocycles. The Hall–Kier alpha value is -0.820. The van der Waals surface area contributed by atoms with Crippen molar-refractivity contribution < 1.29 is 5.11 Å². The molecule has 2 rings (SSSR count). The zero-order valence-electron chi connectivity index (χ0n) is 9.88. The van der Waals surface area contributed by atoms with Gasteiger partial charge in [-0.1, -0.05) is 39.0 Å². The Kier molecular flexibility index (Phi) is 2.59. The maximum atomic E-state index is 10.2. The van der Waals surface area contributed by atoms with Gasteiger partial charge in [0.25, 0.3) is 0 Å². The lowest BCUT2D eigenvalue weighted by Gasteiger charge is -2.18. The van der Waals surface area contributed by atoms with Gasteiger partial charge in [0.2, 0.25) is 0 Å². The van der Waals surface area contributed by atoms with Crippen LogP contribution in [0.25, 0.3) is 0 Å². The third-order valence-corrected chi connectivity index (χ3v) is 3.37. The van der Waals surface area contributed by atoms with Gasteiger partial charge >= 0.3 is 0 Å². The Balaban J connectivity index is 2.46. The van der Waals surface area contributed by atoms with Gasteiger partial charge in [0.05, 0.1) is 5.60 Å². The summed E-state index contributed by atoms with van der Waals surface area (Å²) in [6, 6.07) is 6.57. The molecule has 1 aromatic rings. The van der Waals surface area contributed by atoms with Gasteiger partial charge in [-0.2, -0.15) is 0 Å². The van der Waals surface area contributed by atoms with E-state index in [4.69, 9.17) is 0 Å². The number of aliphatic hydroxyl groups is 1. The SMILES string of the molecule is CCc1ccc(C(C)C)c(C2(O)CC2)c1. The molecule has 0 unspecified atom stereocenters. The van der Waals surface area contributed by atoms with Crippen molar-refractivity contribution in [3.63, 3.8) is 0 Å². The third-order valence-electron chi connectivity index (χ3n) is 3.37. The summed E-state index contributed by atoms with van der Waals surface area (Å²) < 4.78 is 0. The van der Waals surface area contributed by atoms with Gasteiger partial charge in [-0.05, 0) is 41.9 Å². The molecule has 0 bridgehead atoms. The minimum Gasteiger partial charge on any atom is -0.385 e. The molecule has 1 aromatic carbocycles. The van der Waals surface area contributed by atoms with E-state index in [-0.39, 0.29) is 0 Å². The summed E-state index contributed by atoms with van der Waals surface area (Å²) in [5, 5.41) is 10.2. The van der Waals surface area contributed by atoms with Gasteiger partial charge in [-0.3, -0.25) is 0 Å². The van der Waals surface area contributed by atoms with Crippen LogP contribution < -0.4 is 0 Å². The summed E-state index contributed by atoms with van der Waals surface area (Å²) in [4.78, 5) is 0. The van der Waals surface area contributed by atoms with Gasteiger partial charge in [-0.15, -0.1) is 0 Å². The van der Waals surface area contributed by atoms with E-state index in [9.17, 15) is 5.11 Å². The van der Waals surface area contributed by atoms with Crippen LogP contribution in [0.4, 0.5) is 0 Å². The molecule has 1 fully saturated rings. The molecule has 0 atom stereocenters. The van der Waals surface area contributed by atoms with Crippen molar-refractivity contribution in [2.75, 3.05) is 0 Å². The van der Waals surface area contributed by atoms with Crippen molar-refractivity contribution >= 4 is 0 Å². The second kappa shape index (κ2) is 3.64. The minimum absolute atomic E-state index is 0.495. The van der Waals surface area contributed by atoms with Gasteiger partial charge in [-0.25, -0.2) is 0 Å². The van der Waals surface area contributed by atoms with Crippen LogP contribution in [0.1, 0.15) is 56.2 Å². The first kappa shape index (κ1) is 10.7. The first-order valence-electron chi connectivity index (χ1n) is 5.92. The summed E-state index contributed by atoms with van der Waals surface area (Å²) in [5.74, 6) is 0.496. The number of benzene rings is 1. The van der Waals surface area contributed by atoms with E-state index in [1.54, 1.807) is 0 Å². The molecule has 0 aromatic heterocycles. The molecule has 1 heteroatoms. The topological polar surface area (TPSA) is 20.2 Å². The highest BCUT2D eigenvalue weighted by atomic mass is 16.3. The lowest BCUT2D eigenvalue weighted by molar-refractivity contribution is 0.150. The van der Waals surface area contributed by atoms with Gasteiger partial charge in [0.15, 0.2) is 0 Å². The smallest absolute Gasteiger partial charge is 0.0901 e. The van der Waals surface area contributed by atoms with Gasteiger partial charge in [0, 0.05) is 0 Å². The summed E-state index contributed by atoms with van der Waals surface area (Å²) >= 11 is 0. The molecule has 15 heavy (non-hydrogen) atoms. The van der Waals surface area contributed by atoms with E-state index >= 15 is 0 Å². The van der Waals surface area contributed by atoms with Crippen LogP contribution in [0, 0.1) is 0 Å². The standard InChI is InChI=1S/C14H20O/c1-4-11-5-6-12(10(2)3)13(9-11)14(15)7-8-14/h5-6,9-10,15H,4,7-8H2,1-3H3. The highest BCUT2D eigenvalue weighted by Crippen LogP contribution is 2.48. The normalized spacial score (nSPS) is 18.2. The highest BCUT2D eigenvalue weighted by Gasteiger charge is 2.43. The van der Waals surface area contributed by atoms with E-state index < -0.39 is 5.60 Å². The Morgan fingerprint density at radius 1 is 1.33 bits per heavy atom. The number of aryl methyl sites for hydroxylation is 1. The lowest BCUT2D eigenvalue weighted by Crippen LogP contribution is -2.10. The number of hydrogen-bond acceptors (Lipinski definition) is 1. The quantitative estimate of drug-likeness (QED) is 0.800. The second-order valence-electron chi connectivity index (χ2n) is 4.96. The van der Waals surface area contributed by atoms with E-state index in [1.807, 2.05) is 0 Å². The monoisotopic (exact) mass is 204 g/mol. The Morgan fingerprint density at radius 3 is 2.47 bits per heavy atom. The Morgan fingerprint density at radius 2 is 2.00 bits per heavy atom. The molecule has 82 valence electrons. The summed E-state index contributed by atoms with van der Waals surface area (Å²) in [5.41, 5.74) is 3.32. The molecular weight excluding hydrogens is 184 g/mol. The Bertz CT molecular complexity index is 362. The van der Waals surface area contributed by atoms with Crippen molar-refractivity contribution in [2.24, 2.45) is 0 Å². The second-order valence-corrected chi connectivity index (χ2v) is 4.96. The molecule has 1 N–H and O–H groups in total. The maximum absolute atomic E-state index is 10.2. The fraction of sp³-hybridized carbons (Fsp3) is 0.571. The molecule has 0 heterocycles. The lowest BCUT2D eigenvalue weighted by atomic mass is 9.90. The van der Waals surface area contributed by atoms with Crippen LogP contribution in [0.3, 0.4) is 0 Å². The molecule has 0 amide bonds. The fourth-order valence-electron chi connectivity index (χ4n) is 2.12. The van der Waals surface area contributed by atoms with E-state index in [2.05, 4.69) is 39.0 Å². The minimum atomic E-state index is -0.495. The van der Waals surface area contributed by atoms with Crippen LogP contribution in [-0.4, -0.2) is 5.11 Å². The van der Waals surface area contributed by atoms with Crippen LogP contribution >= 0.6 is 0 Å². The molecule has 1 saturated carbocycles.